The molecular weight excluding hydrogens is 229 g/mol. The molecule has 0 spiro atoms. The van der Waals surface area contributed by atoms with Gasteiger partial charge >= 0.3 is 0 Å². The topological polar surface area (TPSA) is 43.8 Å². The van der Waals surface area contributed by atoms with Crippen molar-refractivity contribution in [2.75, 3.05) is 6.54 Å². The Morgan fingerprint density at radius 2 is 2.19 bits per heavy atom. The fraction of sp³-hybridized carbons (Fsp3) is 0.727. The second-order valence-electron chi connectivity index (χ2n) is 4.25. The Morgan fingerprint density at radius 1 is 1.56 bits per heavy atom. The van der Waals surface area contributed by atoms with E-state index in [2.05, 4.69) is 5.10 Å². The minimum absolute atomic E-state index is 0.0153. The molecule has 1 atom stereocenters. The predicted molar refractivity (Wildman–Crippen MR) is 64.5 cm³/mol. The van der Waals surface area contributed by atoms with Gasteiger partial charge < -0.3 is 5.73 Å². The maximum absolute atomic E-state index is 14.4. The molecule has 16 heavy (non-hydrogen) atoms. The highest BCUT2D eigenvalue weighted by molar-refractivity contribution is 6.31. The van der Waals surface area contributed by atoms with Gasteiger partial charge in [-0.3, -0.25) is 4.68 Å². The molecule has 1 unspecified atom stereocenters. The van der Waals surface area contributed by atoms with E-state index in [0.717, 1.165) is 17.8 Å². The highest BCUT2D eigenvalue weighted by Crippen LogP contribution is 2.28. The number of rotatable bonds is 5. The van der Waals surface area contributed by atoms with E-state index in [1.807, 2.05) is 13.8 Å². The number of alkyl halides is 1. The summed E-state index contributed by atoms with van der Waals surface area (Å²) in [5.74, 6) is 0. The fourth-order valence-corrected chi connectivity index (χ4v) is 2.11. The van der Waals surface area contributed by atoms with Crippen LogP contribution in [0.25, 0.3) is 0 Å². The summed E-state index contributed by atoms with van der Waals surface area (Å²) in [6.07, 6.45) is 1.44. The van der Waals surface area contributed by atoms with Crippen LogP contribution in [0, 0.1) is 6.92 Å². The lowest BCUT2D eigenvalue weighted by Crippen LogP contribution is -2.36. The molecule has 0 aliphatic heterocycles. The molecule has 0 fully saturated rings. The van der Waals surface area contributed by atoms with E-state index in [4.69, 9.17) is 17.3 Å². The number of hydrogen-bond acceptors (Lipinski definition) is 2. The summed E-state index contributed by atoms with van der Waals surface area (Å²) in [4.78, 5) is 0. The molecule has 0 aromatic carbocycles. The van der Waals surface area contributed by atoms with Crippen molar-refractivity contribution < 1.29 is 4.39 Å². The zero-order valence-corrected chi connectivity index (χ0v) is 10.8. The summed E-state index contributed by atoms with van der Waals surface area (Å²) in [5.41, 5.74) is 5.58. The average Bonchev–Trinajstić information content (AvgIpc) is 2.46. The second kappa shape index (κ2) is 5.15. The van der Waals surface area contributed by atoms with Gasteiger partial charge in [0.1, 0.15) is 5.67 Å². The number of halogens is 2. The molecule has 1 aromatic heterocycles. The van der Waals surface area contributed by atoms with Crippen molar-refractivity contribution in [2.45, 2.75) is 38.8 Å². The first-order chi connectivity index (χ1) is 7.43. The Kier molecular flexibility index (Phi) is 4.33. The van der Waals surface area contributed by atoms with Gasteiger partial charge in [0, 0.05) is 20.0 Å². The van der Waals surface area contributed by atoms with E-state index in [1.165, 1.54) is 0 Å². The summed E-state index contributed by atoms with van der Waals surface area (Å²) in [5, 5.41) is 4.72. The summed E-state index contributed by atoms with van der Waals surface area (Å²) >= 11 is 6.09. The van der Waals surface area contributed by atoms with Crippen LogP contribution in [0.3, 0.4) is 0 Å². The van der Waals surface area contributed by atoms with Gasteiger partial charge in [-0.2, -0.15) is 5.10 Å². The molecular formula is C11H19ClFN3. The summed E-state index contributed by atoms with van der Waals surface area (Å²) in [6.45, 7) is 3.77. The second-order valence-corrected chi connectivity index (χ2v) is 4.63. The third kappa shape index (κ3) is 2.74. The van der Waals surface area contributed by atoms with Crippen LogP contribution in [0.4, 0.5) is 4.39 Å². The first-order valence-corrected chi connectivity index (χ1v) is 5.88. The number of aryl methyl sites for hydroxylation is 2. The minimum atomic E-state index is -1.38. The van der Waals surface area contributed by atoms with Gasteiger partial charge in [0.05, 0.1) is 16.4 Å². The van der Waals surface area contributed by atoms with Gasteiger partial charge in [-0.05, 0) is 13.3 Å². The predicted octanol–water partition coefficient (Wildman–Crippen LogP) is 2.39. The molecule has 0 radical (unpaired) electrons. The molecule has 0 amide bonds. The number of nitrogens with zero attached hydrogens (tertiary/aromatic N) is 2. The quantitative estimate of drug-likeness (QED) is 0.868. The third-order valence-electron chi connectivity index (χ3n) is 2.81. The molecule has 92 valence electrons. The Hall–Kier alpha value is -0.610. The van der Waals surface area contributed by atoms with Gasteiger partial charge in [-0.15, -0.1) is 0 Å². The van der Waals surface area contributed by atoms with Crippen LogP contribution >= 0.6 is 11.6 Å². The molecule has 0 aliphatic rings. The Balaban J connectivity index is 2.93. The van der Waals surface area contributed by atoms with Gasteiger partial charge in [0.15, 0.2) is 0 Å². The Morgan fingerprint density at radius 3 is 2.56 bits per heavy atom. The maximum atomic E-state index is 14.4. The van der Waals surface area contributed by atoms with E-state index < -0.39 is 5.67 Å². The van der Waals surface area contributed by atoms with Crippen molar-refractivity contribution >= 4 is 11.6 Å². The highest BCUT2D eigenvalue weighted by Gasteiger charge is 2.30. The van der Waals surface area contributed by atoms with Crippen molar-refractivity contribution in [1.29, 1.82) is 0 Å². The molecule has 2 N–H and O–H groups in total. The highest BCUT2D eigenvalue weighted by atomic mass is 35.5. The molecule has 1 heterocycles. The molecule has 0 saturated heterocycles. The zero-order valence-electron chi connectivity index (χ0n) is 10.1. The first-order valence-electron chi connectivity index (χ1n) is 5.50. The lowest BCUT2D eigenvalue weighted by Gasteiger charge is -2.23. The largest absolute Gasteiger partial charge is 0.328 e. The SMILES string of the molecule is CCCC(F)(CN)Cc1c(Cl)c(C)nn1C. The first kappa shape index (κ1) is 13.5. The van der Waals surface area contributed by atoms with Crippen molar-refractivity contribution in [3.05, 3.63) is 16.4 Å². The molecule has 0 saturated carbocycles. The normalized spacial score (nSPS) is 15.1. The number of aromatic nitrogens is 2. The van der Waals surface area contributed by atoms with E-state index in [0.29, 0.717) is 11.4 Å². The number of hydrogen-bond donors (Lipinski definition) is 1. The summed E-state index contributed by atoms with van der Waals surface area (Å²) in [6, 6.07) is 0. The standard InChI is InChI=1S/C11H19ClFN3/c1-4-5-11(13,7-14)6-9-10(12)8(2)15-16(9)3/h4-7,14H2,1-3H3. The summed E-state index contributed by atoms with van der Waals surface area (Å²) < 4.78 is 16.0. The monoisotopic (exact) mass is 247 g/mol. The van der Waals surface area contributed by atoms with Gasteiger partial charge in [-0.1, -0.05) is 24.9 Å². The Bertz CT molecular complexity index is 364. The van der Waals surface area contributed by atoms with Crippen molar-refractivity contribution in [3.8, 4) is 0 Å². The van der Waals surface area contributed by atoms with E-state index in [-0.39, 0.29) is 13.0 Å². The van der Waals surface area contributed by atoms with E-state index in [9.17, 15) is 4.39 Å². The van der Waals surface area contributed by atoms with Crippen LogP contribution in [0.5, 0.6) is 0 Å². The summed E-state index contributed by atoms with van der Waals surface area (Å²) in [7, 11) is 1.77. The minimum Gasteiger partial charge on any atom is -0.328 e. The van der Waals surface area contributed by atoms with Crippen LogP contribution in [-0.2, 0) is 13.5 Å². The smallest absolute Gasteiger partial charge is 0.128 e. The van der Waals surface area contributed by atoms with Crippen LogP contribution < -0.4 is 5.73 Å². The molecule has 0 aliphatic carbocycles. The van der Waals surface area contributed by atoms with Gasteiger partial charge in [-0.25, -0.2) is 4.39 Å². The van der Waals surface area contributed by atoms with Gasteiger partial charge in [0.25, 0.3) is 0 Å². The zero-order chi connectivity index (χ0) is 12.3. The lowest BCUT2D eigenvalue weighted by atomic mass is 9.94. The molecule has 1 aromatic rings. The van der Waals surface area contributed by atoms with Crippen molar-refractivity contribution in [3.63, 3.8) is 0 Å². The van der Waals surface area contributed by atoms with E-state index >= 15 is 0 Å². The maximum Gasteiger partial charge on any atom is 0.128 e. The van der Waals surface area contributed by atoms with Crippen LogP contribution in [0.1, 0.15) is 31.2 Å². The third-order valence-corrected chi connectivity index (χ3v) is 3.30. The molecule has 0 bridgehead atoms. The van der Waals surface area contributed by atoms with Crippen LogP contribution in [-0.4, -0.2) is 22.0 Å². The molecule has 5 heteroatoms. The molecule has 3 nitrogen and oxygen atoms in total. The van der Waals surface area contributed by atoms with E-state index in [1.54, 1.807) is 11.7 Å². The van der Waals surface area contributed by atoms with Crippen molar-refractivity contribution in [1.82, 2.24) is 9.78 Å². The van der Waals surface area contributed by atoms with Crippen LogP contribution in [0.2, 0.25) is 5.02 Å². The Labute approximate surface area is 101 Å². The lowest BCUT2D eigenvalue weighted by molar-refractivity contribution is 0.155. The molecule has 1 rings (SSSR count). The van der Waals surface area contributed by atoms with Crippen LogP contribution in [0.15, 0.2) is 0 Å². The van der Waals surface area contributed by atoms with Crippen molar-refractivity contribution in [2.24, 2.45) is 12.8 Å². The fourth-order valence-electron chi connectivity index (χ4n) is 1.88. The van der Waals surface area contributed by atoms with Gasteiger partial charge in [0.2, 0.25) is 0 Å². The number of nitrogens with two attached hydrogens (primary N) is 1. The average molecular weight is 248 g/mol.